The fraction of sp³-hybridized carbons (Fsp3) is 0.900. The van der Waals surface area contributed by atoms with Crippen molar-refractivity contribution in [3.05, 3.63) is 0 Å². The van der Waals surface area contributed by atoms with E-state index in [4.69, 9.17) is 5.73 Å². The molecule has 2 atom stereocenters. The van der Waals surface area contributed by atoms with Gasteiger partial charge in [0.25, 0.3) is 5.91 Å². The molecule has 0 aromatic rings. The Bertz CT molecular complexity index is 291. The third-order valence-corrected chi connectivity index (χ3v) is 3.07. The normalized spacial score (nSPS) is 24.9. The van der Waals surface area contributed by atoms with E-state index in [0.717, 1.165) is 4.90 Å². The number of hydrogen-bond donors (Lipinski definition) is 1. The van der Waals surface area contributed by atoms with E-state index in [1.165, 1.54) is 0 Å². The van der Waals surface area contributed by atoms with Crippen LogP contribution in [0, 0.1) is 5.92 Å². The van der Waals surface area contributed by atoms with Crippen LogP contribution in [0.1, 0.15) is 19.8 Å². The molecule has 18 heavy (non-hydrogen) atoms. The van der Waals surface area contributed by atoms with Crippen molar-refractivity contribution in [3.63, 3.8) is 0 Å². The first-order valence-electron chi connectivity index (χ1n) is 5.47. The Morgan fingerprint density at radius 3 is 2.50 bits per heavy atom. The van der Waals surface area contributed by atoms with Crippen LogP contribution in [-0.4, -0.2) is 42.3 Å². The van der Waals surface area contributed by atoms with Gasteiger partial charge in [-0.1, -0.05) is 6.92 Å². The lowest BCUT2D eigenvalue weighted by atomic mass is 9.92. The van der Waals surface area contributed by atoms with E-state index in [1.807, 2.05) is 6.92 Å². The summed E-state index contributed by atoms with van der Waals surface area (Å²) >= 11 is 0. The molecule has 0 aliphatic carbocycles. The number of carbonyl (C=O) groups is 1. The number of rotatable bonds is 3. The van der Waals surface area contributed by atoms with Crippen LogP contribution >= 0.6 is 12.4 Å². The molecule has 1 saturated heterocycles. The Hall–Kier alpha value is -0.560. The molecule has 2 unspecified atom stereocenters. The zero-order valence-electron chi connectivity index (χ0n) is 9.91. The number of hydrogen-bond acceptors (Lipinski definition) is 2. The molecule has 1 aliphatic heterocycles. The molecular weight excluding hydrogens is 276 g/mol. The van der Waals surface area contributed by atoms with Gasteiger partial charge in [-0.15, -0.1) is 12.4 Å². The average molecular weight is 293 g/mol. The van der Waals surface area contributed by atoms with Crippen molar-refractivity contribution >= 4 is 18.3 Å². The van der Waals surface area contributed by atoms with Crippen molar-refractivity contribution in [1.82, 2.24) is 4.90 Å². The molecule has 0 spiro atoms. The van der Waals surface area contributed by atoms with E-state index in [0.29, 0.717) is 12.8 Å². The predicted octanol–water partition coefficient (Wildman–Crippen LogP) is 1.89. The number of nitrogens with zero attached hydrogens (tertiary/aromatic N) is 1. The maximum atomic E-state index is 12.9. The molecule has 0 saturated carbocycles. The van der Waals surface area contributed by atoms with Crippen LogP contribution < -0.4 is 5.73 Å². The summed E-state index contributed by atoms with van der Waals surface area (Å²) in [7, 11) is 0. The van der Waals surface area contributed by atoms with Gasteiger partial charge in [-0.25, -0.2) is 8.78 Å². The minimum Gasteiger partial charge on any atom is -0.333 e. The van der Waals surface area contributed by atoms with Crippen molar-refractivity contribution in [2.45, 2.75) is 38.2 Å². The molecule has 0 bridgehead atoms. The van der Waals surface area contributed by atoms with Gasteiger partial charge in [0.05, 0.1) is 0 Å². The van der Waals surface area contributed by atoms with Gasteiger partial charge in [0.1, 0.15) is 0 Å². The molecule has 8 heteroatoms. The summed E-state index contributed by atoms with van der Waals surface area (Å²) in [4.78, 5) is 12.2. The minimum atomic E-state index is -4.62. The molecule has 108 valence electrons. The van der Waals surface area contributed by atoms with Gasteiger partial charge in [0, 0.05) is 19.1 Å². The molecule has 1 heterocycles. The molecule has 1 fully saturated rings. The van der Waals surface area contributed by atoms with Crippen LogP contribution in [-0.2, 0) is 4.79 Å². The number of nitrogens with two attached hydrogens (primary N) is 1. The number of piperidine rings is 1. The number of alkyl halides is 4. The minimum absolute atomic E-state index is 0. The lowest BCUT2D eigenvalue weighted by Gasteiger charge is -2.39. The molecular formula is C10H17ClF4N2O. The van der Waals surface area contributed by atoms with Gasteiger partial charge >= 0.3 is 12.3 Å². The second-order valence-corrected chi connectivity index (χ2v) is 4.44. The summed E-state index contributed by atoms with van der Waals surface area (Å²) < 4.78 is 50.1. The third kappa shape index (κ3) is 3.47. The first-order valence-corrected chi connectivity index (χ1v) is 5.47. The van der Waals surface area contributed by atoms with Crippen LogP contribution in [0.5, 0.6) is 0 Å². The van der Waals surface area contributed by atoms with Gasteiger partial charge in [0.15, 0.2) is 0 Å². The van der Waals surface area contributed by atoms with Crippen LogP contribution in [0.3, 0.4) is 0 Å². The number of likely N-dealkylation sites (tertiary alicyclic amines) is 1. The lowest BCUT2D eigenvalue weighted by Crippen LogP contribution is -2.56. The Kier molecular flexibility index (Phi) is 6.36. The maximum absolute atomic E-state index is 12.9. The quantitative estimate of drug-likeness (QED) is 0.808. The van der Waals surface area contributed by atoms with Crippen molar-refractivity contribution in [3.8, 4) is 0 Å². The van der Waals surface area contributed by atoms with Gasteiger partial charge in [-0.3, -0.25) is 4.79 Å². The summed E-state index contributed by atoms with van der Waals surface area (Å²) in [6, 6.07) is -0.573. The zero-order chi connectivity index (χ0) is 13.2. The molecule has 0 aromatic heterocycles. The number of carbonyl (C=O) groups excluding carboxylic acids is 1. The second-order valence-electron chi connectivity index (χ2n) is 4.44. The van der Waals surface area contributed by atoms with Crippen molar-refractivity contribution < 1.29 is 22.4 Å². The smallest absolute Gasteiger partial charge is 0.333 e. The highest BCUT2D eigenvalue weighted by Crippen LogP contribution is 2.30. The molecule has 2 N–H and O–H groups in total. The molecule has 1 aliphatic rings. The number of halogens is 5. The summed E-state index contributed by atoms with van der Waals surface area (Å²) in [6.45, 7) is 1.98. The lowest BCUT2D eigenvalue weighted by molar-refractivity contribution is -0.184. The SMILES string of the molecule is CC1CCN(C(=O)C(F)(F)C(F)F)C(CN)C1.Cl. The molecule has 1 amide bonds. The van der Waals surface area contributed by atoms with Gasteiger partial charge in [-0.2, -0.15) is 8.78 Å². The zero-order valence-corrected chi connectivity index (χ0v) is 10.7. The Morgan fingerprint density at radius 2 is 2.06 bits per heavy atom. The van der Waals surface area contributed by atoms with E-state index in [2.05, 4.69) is 0 Å². The summed E-state index contributed by atoms with van der Waals surface area (Å²) in [5.74, 6) is -6.17. The van der Waals surface area contributed by atoms with Crippen LogP contribution in [0.15, 0.2) is 0 Å². The van der Waals surface area contributed by atoms with E-state index in [9.17, 15) is 22.4 Å². The van der Waals surface area contributed by atoms with Crippen LogP contribution in [0.25, 0.3) is 0 Å². The molecule has 0 radical (unpaired) electrons. The monoisotopic (exact) mass is 292 g/mol. The topological polar surface area (TPSA) is 46.3 Å². The van der Waals surface area contributed by atoms with Crippen LogP contribution in [0.4, 0.5) is 17.6 Å². The highest BCUT2D eigenvalue weighted by Gasteiger charge is 2.52. The van der Waals surface area contributed by atoms with Gasteiger partial charge in [0.2, 0.25) is 0 Å². The van der Waals surface area contributed by atoms with Crippen molar-refractivity contribution in [2.75, 3.05) is 13.1 Å². The fourth-order valence-corrected chi connectivity index (χ4v) is 2.03. The predicted molar refractivity (Wildman–Crippen MR) is 61.2 cm³/mol. The van der Waals surface area contributed by atoms with E-state index in [-0.39, 0.29) is 31.4 Å². The Labute approximate surface area is 109 Å². The Balaban J connectivity index is 0.00000289. The average Bonchev–Trinajstić information content (AvgIpc) is 2.27. The fourth-order valence-electron chi connectivity index (χ4n) is 2.03. The molecule has 0 aromatic carbocycles. The molecule has 1 rings (SSSR count). The summed E-state index contributed by atoms with van der Waals surface area (Å²) in [6.07, 6.45) is -2.98. The standard InChI is InChI=1S/C10H16F4N2O.ClH/c1-6-2-3-16(7(4-6)5-15)9(17)10(13,14)8(11)12;/h6-8H,2-5,15H2,1H3;1H. The van der Waals surface area contributed by atoms with E-state index in [1.54, 1.807) is 0 Å². The first kappa shape index (κ1) is 17.4. The Morgan fingerprint density at radius 1 is 1.50 bits per heavy atom. The highest BCUT2D eigenvalue weighted by atomic mass is 35.5. The number of amides is 1. The van der Waals surface area contributed by atoms with Crippen molar-refractivity contribution in [2.24, 2.45) is 11.7 Å². The maximum Gasteiger partial charge on any atom is 0.383 e. The first-order chi connectivity index (χ1) is 7.80. The van der Waals surface area contributed by atoms with E-state index < -0.39 is 24.3 Å². The van der Waals surface area contributed by atoms with Crippen molar-refractivity contribution in [1.29, 1.82) is 0 Å². The molecule has 3 nitrogen and oxygen atoms in total. The second kappa shape index (κ2) is 6.56. The van der Waals surface area contributed by atoms with E-state index >= 15 is 0 Å². The summed E-state index contributed by atoms with van der Waals surface area (Å²) in [5, 5.41) is 0. The summed E-state index contributed by atoms with van der Waals surface area (Å²) in [5.41, 5.74) is 5.39. The van der Waals surface area contributed by atoms with Gasteiger partial charge < -0.3 is 10.6 Å². The van der Waals surface area contributed by atoms with Crippen LogP contribution in [0.2, 0.25) is 0 Å². The van der Waals surface area contributed by atoms with Gasteiger partial charge in [-0.05, 0) is 18.8 Å². The largest absolute Gasteiger partial charge is 0.383 e. The third-order valence-electron chi connectivity index (χ3n) is 3.07. The highest BCUT2D eigenvalue weighted by molar-refractivity contribution is 5.85.